The van der Waals surface area contributed by atoms with E-state index in [0.29, 0.717) is 5.33 Å². The van der Waals surface area contributed by atoms with Crippen molar-refractivity contribution in [3.8, 4) is 0 Å². The Morgan fingerprint density at radius 2 is 2.55 bits per heavy atom. The van der Waals surface area contributed by atoms with Gasteiger partial charge >= 0.3 is 0 Å². The summed E-state index contributed by atoms with van der Waals surface area (Å²) in [5, 5.41) is 0.420. The number of amides is 1. The normalized spacial score (nSPS) is 24.2. The molecule has 0 aromatic carbocycles. The lowest BCUT2D eigenvalue weighted by molar-refractivity contribution is -0.127. The van der Waals surface area contributed by atoms with E-state index in [2.05, 4.69) is 15.9 Å². The fraction of sp³-hybridized carbons (Fsp3) is 0.857. The summed E-state index contributed by atoms with van der Waals surface area (Å²) in [5.41, 5.74) is 0. The second kappa shape index (κ2) is 4.07. The summed E-state index contributed by atoms with van der Waals surface area (Å²) >= 11 is 3.13. The van der Waals surface area contributed by atoms with Crippen LogP contribution in [0.5, 0.6) is 0 Å². The van der Waals surface area contributed by atoms with Crippen LogP contribution >= 0.6 is 15.9 Å². The van der Waals surface area contributed by atoms with Gasteiger partial charge in [-0.1, -0.05) is 15.9 Å². The molecule has 1 unspecified atom stereocenters. The summed E-state index contributed by atoms with van der Waals surface area (Å²) in [6.45, 7) is 1.59. The maximum absolute atomic E-state index is 11.1. The van der Waals surface area contributed by atoms with Crippen LogP contribution in [0.2, 0.25) is 0 Å². The summed E-state index contributed by atoms with van der Waals surface area (Å²) < 4.78 is 5.13. The van der Waals surface area contributed by atoms with Crippen LogP contribution in [0.15, 0.2) is 0 Å². The van der Waals surface area contributed by atoms with Gasteiger partial charge in [-0.2, -0.15) is 0 Å². The molecule has 0 N–H and O–H groups in total. The van der Waals surface area contributed by atoms with Crippen LogP contribution in [0, 0.1) is 0 Å². The number of rotatable bonds is 2. The molecule has 0 spiro atoms. The number of hydrogen-bond donors (Lipinski definition) is 0. The van der Waals surface area contributed by atoms with Gasteiger partial charge in [0.2, 0.25) is 5.91 Å². The molecule has 1 aliphatic heterocycles. The average Bonchev–Trinajstić information content (AvgIpc) is 2.50. The summed E-state index contributed by atoms with van der Waals surface area (Å²) in [6, 6.07) is 0. The highest BCUT2D eigenvalue weighted by Crippen LogP contribution is 2.11. The molecular formula is C7H12BrNO2. The summed E-state index contributed by atoms with van der Waals surface area (Å²) in [5.74, 6) is 0.157. The van der Waals surface area contributed by atoms with Gasteiger partial charge in [0.1, 0.15) is 0 Å². The number of likely N-dealkylation sites (tertiary alicyclic amines) is 1. The predicted molar refractivity (Wildman–Crippen MR) is 45.8 cm³/mol. The van der Waals surface area contributed by atoms with E-state index in [1.165, 1.54) is 0 Å². The number of methoxy groups -OCH3 is 1. The van der Waals surface area contributed by atoms with Crippen molar-refractivity contribution in [1.82, 2.24) is 4.90 Å². The van der Waals surface area contributed by atoms with Crippen molar-refractivity contribution in [3.63, 3.8) is 0 Å². The Bertz CT molecular complexity index is 151. The maximum Gasteiger partial charge on any atom is 0.233 e. The minimum atomic E-state index is 0.157. The number of nitrogens with zero attached hydrogens (tertiary/aromatic N) is 1. The lowest BCUT2D eigenvalue weighted by Gasteiger charge is -2.13. The molecule has 1 heterocycles. The van der Waals surface area contributed by atoms with E-state index in [1.807, 2.05) is 4.90 Å². The molecule has 64 valence electrons. The molecule has 1 aliphatic rings. The largest absolute Gasteiger partial charge is 0.380 e. The minimum absolute atomic E-state index is 0.157. The summed E-state index contributed by atoms with van der Waals surface area (Å²) in [7, 11) is 1.69. The molecule has 1 saturated heterocycles. The Balaban J connectivity index is 2.35. The lowest BCUT2D eigenvalue weighted by atomic mass is 10.3. The molecule has 0 aromatic heterocycles. The highest BCUT2D eigenvalue weighted by molar-refractivity contribution is 9.09. The monoisotopic (exact) mass is 221 g/mol. The van der Waals surface area contributed by atoms with Crippen LogP contribution in [0.3, 0.4) is 0 Å². The topological polar surface area (TPSA) is 29.5 Å². The van der Waals surface area contributed by atoms with Crippen molar-refractivity contribution < 1.29 is 9.53 Å². The van der Waals surface area contributed by atoms with Gasteiger partial charge in [-0.15, -0.1) is 0 Å². The van der Waals surface area contributed by atoms with Gasteiger partial charge in [-0.3, -0.25) is 4.79 Å². The zero-order valence-electron chi connectivity index (χ0n) is 6.55. The van der Waals surface area contributed by atoms with Crippen LogP contribution < -0.4 is 0 Å². The molecule has 4 heteroatoms. The second-order valence-corrected chi connectivity index (χ2v) is 3.18. The quantitative estimate of drug-likeness (QED) is 0.641. The Hall–Kier alpha value is -0.0900. The van der Waals surface area contributed by atoms with Crippen LogP contribution in [0.1, 0.15) is 6.42 Å². The Morgan fingerprint density at radius 3 is 3.00 bits per heavy atom. The lowest BCUT2D eigenvalue weighted by Crippen LogP contribution is -2.30. The summed E-state index contributed by atoms with van der Waals surface area (Å²) in [4.78, 5) is 12.9. The number of ether oxygens (including phenoxy) is 1. The standard InChI is InChI=1S/C7H12BrNO2/c1-11-6-2-3-9(5-6)7(10)4-8/h6H,2-5H2,1H3. The van der Waals surface area contributed by atoms with Gasteiger partial charge < -0.3 is 9.64 Å². The van der Waals surface area contributed by atoms with Gasteiger partial charge in [-0.05, 0) is 6.42 Å². The Kier molecular flexibility index (Phi) is 3.33. The first-order chi connectivity index (χ1) is 5.27. The van der Waals surface area contributed by atoms with E-state index in [0.717, 1.165) is 19.5 Å². The average molecular weight is 222 g/mol. The fourth-order valence-corrected chi connectivity index (χ4v) is 1.59. The van der Waals surface area contributed by atoms with Crippen molar-refractivity contribution >= 4 is 21.8 Å². The smallest absolute Gasteiger partial charge is 0.233 e. The van der Waals surface area contributed by atoms with Gasteiger partial charge in [0.25, 0.3) is 0 Å². The molecule has 1 amide bonds. The van der Waals surface area contributed by atoms with Gasteiger partial charge in [0.15, 0.2) is 0 Å². The zero-order valence-corrected chi connectivity index (χ0v) is 8.13. The highest BCUT2D eigenvalue weighted by atomic mass is 79.9. The first-order valence-corrected chi connectivity index (χ1v) is 4.76. The van der Waals surface area contributed by atoms with Crippen molar-refractivity contribution in [3.05, 3.63) is 0 Å². The molecule has 1 atom stereocenters. The molecule has 0 saturated carbocycles. The van der Waals surface area contributed by atoms with E-state index in [4.69, 9.17) is 4.74 Å². The second-order valence-electron chi connectivity index (χ2n) is 2.62. The number of carbonyl (C=O) groups excluding carboxylic acids is 1. The third-order valence-electron chi connectivity index (χ3n) is 1.95. The van der Waals surface area contributed by atoms with E-state index >= 15 is 0 Å². The van der Waals surface area contributed by atoms with Crippen molar-refractivity contribution in [2.45, 2.75) is 12.5 Å². The number of halogens is 1. The molecule has 11 heavy (non-hydrogen) atoms. The van der Waals surface area contributed by atoms with Crippen LogP contribution in [0.4, 0.5) is 0 Å². The van der Waals surface area contributed by atoms with Crippen LogP contribution in [-0.4, -0.2) is 42.4 Å². The van der Waals surface area contributed by atoms with E-state index in [-0.39, 0.29) is 12.0 Å². The van der Waals surface area contributed by atoms with Crippen LogP contribution in [0.25, 0.3) is 0 Å². The molecule has 0 radical (unpaired) electrons. The van der Waals surface area contributed by atoms with Gasteiger partial charge in [-0.25, -0.2) is 0 Å². The summed E-state index contributed by atoms with van der Waals surface area (Å²) in [6.07, 6.45) is 1.22. The molecular weight excluding hydrogens is 210 g/mol. The van der Waals surface area contributed by atoms with Crippen molar-refractivity contribution in [1.29, 1.82) is 0 Å². The molecule has 0 aliphatic carbocycles. The Morgan fingerprint density at radius 1 is 1.82 bits per heavy atom. The first kappa shape index (κ1) is 9.00. The van der Waals surface area contributed by atoms with Crippen molar-refractivity contribution in [2.75, 3.05) is 25.5 Å². The Labute approximate surface area is 74.8 Å². The van der Waals surface area contributed by atoms with E-state index < -0.39 is 0 Å². The number of hydrogen-bond acceptors (Lipinski definition) is 2. The van der Waals surface area contributed by atoms with E-state index in [1.54, 1.807) is 7.11 Å². The van der Waals surface area contributed by atoms with Crippen molar-refractivity contribution in [2.24, 2.45) is 0 Å². The SMILES string of the molecule is COC1CCN(C(=O)CBr)C1. The zero-order chi connectivity index (χ0) is 8.27. The third kappa shape index (κ3) is 2.17. The molecule has 0 bridgehead atoms. The number of carbonyl (C=O) groups is 1. The molecule has 1 rings (SSSR count). The minimum Gasteiger partial charge on any atom is -0.380 e. The number of alkyl halides is 1. The van der Waals surface area contributed by atoms with Gasteiger partial charge in [0.05, 0.1) is 11.4 Å². The first-order valence-electron chi connectivity index (χ1n) is 3.64. The molecule has 1 fully saturated rings. The maximum atomic E-state index is 11.1. The highest BCUT2D eigenvalue weighted by Gasteiger charge is 2.24. The molecule has 0 aromatic rings. The van der Waals surface area contributed by atoms with Crippen LogP contribution in [-0.2, 0) is 9.53 Å². The fourth-order valence-electron chi connectivity index (χ4n) is 1.23. The third-order valence-corrected chi connectivity index (χ3v) is 2.43. The molecule has 3 nitrogen and oxygen atoms in total. The predicted octanol–water partition coefficient (Wildman–Crippen LogP) is 0.629. The van der Waals surface area contributed by atoms with E-state index in [9.17, 15) is 4.79 Å². The van der Waals surface area contributed by atoms with Gasteiger partial charge in [0, 0.05) is 20.2 Å².